The van der Waals surface area contributed by atoms with Gasteiger partial charge in [0.2, 0.25) is 0 Å². The Morgan fingerprint density at radius 2 is 2.36 bits per heavy atom. The summed E-state index contributed by atoms with van der Waals surface area (Å²) in [6.45, 7) is 1.81. The molecule has 0 saturated heterocycles. The Hall–Kier alpha value is -1.33. The van der Waals surface area contributed by atoms with E-state index in [2.05, 4.69) is 16.8 Å². The normalized spacial score (nSPS) is 11.6. The zero-order valence-corrected chi connectivity index (χ0v) is 8.40. The van der Waals surface area contributed by atoms with Crippen molar-refractivity contribution in [3.63, 3.8) is 0 Å². The van der Waals surface area contributed by atoms with Crippen LogP contribution in [-0.4, -0.2) is 16.2 Å². The summed E-state index contributed by atoms with van der Waals surface area (Å²) >= 11 is 0. The molecule has 74 valence electrons. The molecule has 0 aliphatic rings. The lowest BCUT2D eigenvalue weighted by Crippen LogP contribution is -2.10. The van der Waals surface area contributed by atoms with Gasteiger partial charge >= 0.3 is 0 Å². The SMILES string of the molecule is CC#CCCC(O)Cc1ccccn1. The molecule has 0 aliphatic heterocycles. The van der Waals surface area contributed by atoms with E-state index in [0.717, 1.165) is 18.5 Å². The molecule has 0 aliphatic carbocycles. The minimum absolute atomic E-state index is 0.328. The molecule has 1 N–H and O–H groups in total. The van der Waals surface area contributed by atoms with Gasteiger partial charge < -0.3 is 5.11 Å². The van der Waals surface area contributed by atoms with E-state index in [1.54, 1.807) is 6.20 Å². The molecule has 0 amide bonds. The van der Waals surface area contributed by atoms with Gasteiger partial charge in [0.25, 0.3) is 0 Å². The second-order valence-electron chi connectivity index (χ2n) is 3.14. The lowest BCUT2D eigenvalue weighted by molar-refractivity contribution is 0.165. The fraction of sp³-hybridized carbons (Fsp3) is 0.417. The van der Waals surface area contributed by atoms with Gasteiger partial charge in [0, 0.05) is 24.7 Å². The van der Waals surface area contributed by atoms with Crippen LogP contribution in [0.5, 0.6) is 0 Å². The molecule has 0 fully saturated rings. The van der Waals surface area contributed by atoms with Gasteiger partial charge in [-0.2, -0.15) is 0 Å². The lowest BCUT2D eigenvalue weighted by Gasteiger charge is -2.07. The molecule has 0 spiro atoms. The van der Waals surface area contributed by atoms with Crippen molar-refractivity contribution in [1.82, 2.24) is 4.98 Å². The van der Waals surface area contributed by atoms with E-state index >= 15 is 0 Å². The zero-order chi connectivity index (χ0) is 10.2. The minimum atomic E-state index is -0.328. The highest BCUT2D eigenvalue weighted by molar-refractivity contribution is 5.05. The van der Waals surface area contributed by atoms with Gasteiger partial charge in [0.05, 0.1) is 6.10 Å². The van der Waals surface area contributed by atoms with Crippen molar-refractivity contribution >= 4 is 0 Å². The molecule has 0 radical (unpaired) electrons. The summed E-state index contributed by atoms with van der Waals surface area (Å²) in [5, 5.41) is 9.62. The Kier molecular flexibility index (Phi) is 4.74. The fourth-order valence-electron chi connectivity index (χ4n) is 1.23. The molecule has 1 aromatic rings. The van der Waals surface area contributed by atoms with E-state index < -0.39 is 0 Å². The topological polar surface area (TPSA) is 33.1 Å². The monoisotopic (exact) mass is 189 g/mol. The molecule has 2 nitrogen and oxygen atoms in total. The molecule has 1 heterocycles. The van der Waals surface area contributed by atoms with E-state index in [4.69, 9.17) is 0 Å². The molecule has 1 unspecified atom stereocenters. The van der Waals surface area contributed by atoms with E-state index in [9.17, 15) is 5.11 Å². The summed E-state index contributed by atoms with van der Waals surface area (Å²) in [5.74, 6) is 5.74. The van der Waals surface area contributed by atoms with Crippen molar-refractivity contribution in [2.24, 2.45) is 0 Å². The van der Waals surface area contributed by atoms with Crippen LogP contribution in [0.4, 0.5) is 0 Å². The molecule has 0 saturated carbocycles. The van der Waals surface area contributed by atoms with Crippen LogP contribution in [0, 0.1) is 11.8 Å². The number of pyridine rings is 1. The van der Waals surface area contributed by atoms with Crippen molar-refractivity contribution in [2.75, 3.05) is 0 Å². The summed E-state index contributed by atoms with van der Waals surface area (Å²) in [4.78, 5) is 4.15. The van der Waals surface area contributed by atoms with Crippen LogP contribution in [0.15, 0.2) is 24.4 Å². The van der Waals surface area contributed by atoms with Crippen molar-refractivity contribution in [2.45, 2.75) is 32.3 Å². The Morgan fingerprint density at radius 1 is 1.50 bits per heavy atom. The number of hydrogen-bond acceptors (Lipinski definition) is 2. The third-order valence-corrected chi connectivity index (χ3v) is 1.95. The van der Waals surface area contributed by atoms with Crippen molar-refractivity contribution in [3.05, 3.63) is 30.1 Å². The van der Waals surface area contributed by atoms with Gasteiger partial charge in [-0.1, -0.05) is 6.07 Å². The van der Waals surface area contributed by atoms with E-state index in [-0.39, 0.29) is 6.10 Å². The maximum atomic E-state index is 9.62. The minimum Gasteiger partial charge on any atom is -0.393 e. The lowest BCUT2D eigenvalue weighted by atomic mass is 10.1. The average molecular weight is 189 g/mol. The predicted octanol–water partition coefficient (Wildman–Crippen LogP) is 1.79. The van der Waals surface area contributed by atoms with Crippen LogP contribution in [0.2, 0.25) is 0 Å². The van der Waals surface area contributed by atoms with Gasteiger partial charge in [-0.25, -0.2) is 0 Å². The predicted molar refractivity (Wildman–Crippen MR) is 56.6 cm³/mol. The third-order valence-electron chi connectivity index (χ3n) is 1.95. The fourth-order valence-corrected chi connectivity index (χ4v) is 1.23. The molecular formula is C12H15NO. The maximum absolute atomic E-state index is 9.62. The van der Waals surface area contributed by atoms with Crippen LogP contribution in [0.1, 0.15) is 25.5 Å². The molecule has 1 aromatic heterocycles. The second kappa shape index (κ2) is 6.17. The summed E-state index contributed by atoms with van der Waals surface area (Å²) in [6, 6.07) is 5.73. The van der Waals surface area contributed by atoms with Crippen molar-refractivity contribution in [1.29, 1.82) is 0 Å². The molecule has 0 bridgehead atoms. The number of rotatable bonds is 4. The highest BCUT2D eigenvalue weighted by Crippen LogP contribution is 2.04. The number of hydrogen-bond donors (Lipinski definition) is 1. The first kappa shape index (κ1) is 10.7. The number of aromatic nitrogens is 1. The summed E-state index contributed by atoms with van der Waals surface area (Å²) < 4.78 is 0. The maximum Gasteiger partial charge on any atom is 0.0604 e. The highest BCUT2D eigenvalue weighted by atomic mass is 16.3. The van der Waals surface area contributed by atoms with Crippen molar-refractivity contribution < 1.29 is 5.11 Å². The molecule has 0 aromatic carbocycles. The van der Waals surface area contributed by atoms with Crippen LogP contribution in [0.3, 0.4) is 0 Å². The summed E-state index contributed by atoms with van der Waals surface area (Å²) in [7, 11) is 0. The van der Waals surface area contributed by atoms with Crippen LogP contribution in [-0.2, 0) is 6.42 Å². The number of aliphatic hydroxyl groups is 1. The number of nitrogens with zero attached hydrogens (tertiary/aromatic N) is 1. The molecule has 2 heteroatoms. The van der Waals surface area contributed by atoms with Gasteiger partial charge in [0.1, 0.15) is 0 Å². The molecule has 1 rings (SSSR count). The Morgan fingerprint density at radius 3 is 3.00 bits per heavy atom. The first-order chi connectivity index (χ1) is 6.83. The summed E-state index contributed by atoms with van der Waals surface area (Å²) in [6.07, 6.45) is 3.51. The van der Waals surface area contributed by atoms with Crippen LogP contribution in [0.25, 0.3) is 0 Å². The van der Waals surface area contributed by atoms with E-state index in [0.29, 0.717) is 6.42 Å². The summed E-state index contributed by atoms with van der Waals surface area (Å²) in [5.41, 5.74) is 0.935. The van der Waals surface area contributed by atoms with Crippen LogP contribution >= 0.6 is 0 Å². The smallest absolute Gasteiger partial charge is 0.0604 e. The first-order valence-electron chi connectivity index (χ1n) is 4.80. The standard InChI is InChI=1S/C12H15NO/c1-2-3-4-8-12(14)10-11-7-5-6-9-13-11/h5-7,9,12,14H,4,8,10H2,1H3. The van der Waals surface area contributed by atoms with Crippen molar-refractivity contribution in [3.8, 4) is 11.8 Å². The Balaban J connectivity index is 2.33. The Labute approximate surface area is 85.0 Å². The van der Waals surface area contributed by atoms with Gasteiger partial charge in [-0.3, -0.25) is 4.98 Å². The van der Waals surface area contributed by atoms with E-state index in [1.807, 2.05) is 25.1 Å². The van der Waals surface area contributed by atoms with Gasteiger partial charge in [-0.15, -0.1) is 11.8 Å². The van der Waals surface area contributed by atoms with Gasteiger partial charge in [0.15, 0.2) is 0 Å². The molecular weight excluding hydrogens is 174 g/mol. The zero-order valence-electron chi connectivity index (χ0n) is 8.40. The van der Waals surface area contributed by atoms with Crippen LogP contribution < -0.4 is 0 Å². The van der Waals surface area contributed by atoms with E-state index in [1.165, 1.54) is 0 Å². The Bertz CT molecular complexity index is 310. The largest absolute Gasteiger partial charge is 0.393 e. The highest BCUT2D eigenvalue weighted by Gasteiger charge is 2.04. The first-order valence-corrected chi connectivity index (χ1v) is 4.80. The third kappa shape index (κ3) is 4.06. The average Bonchev–Trinajstić information content (AvgIpc) is 2.20. The quantitative estimate of drug-likeness (QED) is 0.732. The van der Waals surface area contributed by atoms with Gasteiger partial charge in [-0.05, 0) is 25.5 Å². The number of aliphatic hydroxyl groups excluding tert-OH is 1. The molecule has 1 atom stereocenters. The second-order valence-corrected chi connectivity index (χ2v) is 3.14. The molecule has 14 heavy (non-hydrogen) atoms.